The number of rotatable bonds is 4. The molecule has 2 N–H and O–H groups in total. The molecule has 0 aromatic carbocycles. The van der Waals surface area contributed by atoms with Gasteiger partial charge in [-0.25, -0.2) is 9.97 Å². The van der Waals surface area contributed by atoms with Crippen molar-refractivity contribution in [2.75, 3.05) is 42.9 Å². The number of carbonyl (C=O) groups is 1. The van der Waals surface area contributed by atoms with Crippen molar-refractivity contribution in [3.8, 4) is 0 Å². The van der Waals surface area contributed by atoms with Gasteiger partial charge in [-0.1, -0.05) is 26.2 Å². The summed E-state index contributed by atoms with van der Waals surface area (Å²) in [5.41, 5.74) is 2.62. The van der Waals surface area contributed by atoms with Crippen molar-refractivity contribution < 1.29 is 4.79 Å². The number of piperidine rings is 2. The number of likely N-dealkylation sites (tertiary alicyclic amines) is 1. The average molecular weight is 529 g/mol. The molecule has 3 aromatic rings. The number of aromatic nitrogens is 4. The zero-order valence-electron chi connectivity index (χ0n) is 23.0. The SMILES string of the molecule is CC1CCN(C2CCN(c3ccc(Nc4ncc5cc6n(c5n4)C4(CCCCC4)CNC6=O)nc3)CC2)CC1. The zero-order valence-corrected chi connectivity index (χ0v) is 23.0. The Morgan fingerprint density at radius 3 is 2.51 bits per heavy atom. The summed E-state index contributed by atoms with van der Waals surface area (Å²) < 4.78 is 2.21. The van der Waals surface area contributed by atoms with Gasteiger partial charge in [0.15, 0.2) is 0 Å². The van der Waals surface area contributed by atoms with E-state index in [2.05, 4.69) is 43.0 Å². The largest absolute Gasteiger partial charge is 0.370 e. The third-order valence-corrected chi connectivity index (χ3v) is 9.76. The Morgan fingerprint density at radius 1 is 0.974 bits per heavy atom. The van der Waals surface area contributed by atoms with E-state index in [9.17, 15) is 4.79 Å². The lowest BCUT2D eigenvalue weighted by molar-refractivity contribution is 0.0833. The topological polar surface area (TPSA) is 91.2 Å². The average Bonchev–Trinajstić information content (AvgIpc) is 3.37. The Hall–Kier alpha value is -3.20. The molecule has 2 saturated heterocycles. The highest BCUT2D eigenvalue weighted by Gasteiger charge is 2.41. The third kappa shape index (κ3) is 4.64. The first-order valence-electron chi connectivity index (χ1n) is 15.0. The summed E-state index contributed by atoms with van der Waals surface area (Å²) in [6.45, 7) is 7.76. The molecule has 1 spiro atoms. The highest BCUT2D eigenvalue weighted by atomic mass is 16.2. The van der Waals surface area contributed by atoms with E-state index in [-0.39, 0.29) is 11.4 Å². The maximum Gasteiger partial charge on any atom is 0.268 e. The normalized spacial score (nSPS) is 22.7. The summed E-state index contributed by atoms with van der Waals surface area (Å²) in [5.74, 6) is 2.10. The monoisotopic (exact) mass is 528 g/mol. The Balaban J connectivity index is 1.05. The number of hydrogen-bond acceptors (Lipinski definition) is 7. The van der Waals surface area contributed by atoms with Crippen molar-refractivity contribution >= 4 is 34.4 Å². The molecule has 0 radical (unpaired) electrons. The number of hydrogen-bond donors (Lipinski definition) is 2. The first-order chi connectivity index (χ1) is 19.1. The molecule has 0 unspecified atom stereocenters. The van der Waals surface area contributed by atoms with Crippen molar-refractivity contribution in [3.05, 3.63) is 36.3 Å². The Bertz CT molecular complexity index is 1330. The second kappa shape index (κ2) is 10.1. The number of fused-ring (bicyclic) bond motifs is 4. The highest BCUT2D eigenvalue weighted by molar-refractivity contribution is 5.99. The first-order valence-corrected chi connectivity index (χ1v) is 15.0. The molecule has 0 atom stereocenters. The van der Waals surface area contributed by atoms with Gasteiger partial charge in [-0.05, 0) is 75.7 Å². The third-order valence-electron chi connectivity index (χ3n) is 9.76. The number of nitrogens with one attached hydrogen (secondary N) is 2. The fourth-order valence-electron chi connectivity index (χ4n) is 7.37. The van der Waals surface area contributed by atoms with Gasteiger partial charge in [0, 0.05) is 37.3 Å². The number of amides is 1. The molecule has 3 aromatic heterocycles. The lowest BCUT2D eigenvalue weighted by Gasteiger charge is -2.42. The van der Waals surface area contributed by atoms with Gasteiger partial charge >= 0.3 is 0 Å². The van der Waals surface area contributed by atoms with Crippen molar-refractivity contribution in [1.29, 1.82) is 0 Å². The molecular formula is C30H40N8O. The smallest absolute Gasteiger partial charge is 0.268 e. The van der Waals surface area contributed by atoms with E-state index in [0.29, 0.717) is 18.2 Å². The van der Waals surface area contributed by atoms with Crippen LogP contribution in [0.4, 0.5) is 17.5 Å². The van der Waals surface area contributed by atoms with E-state index in [0.717, 1.165) is 54.7 Å². The maximum atomic E-state index is 12.7. The van der Waals surface area contributed by atoms with Crippen LogP contribution >= 0.6 is 0 Å². The lowest BCUT2D eigenvalue weighted by atomic mass is 9.80. The standard InChI is InChI=1S/C30H40N8O/c1-21-7-13-36(14-8-21)23-9-15-37(16-10-23)24-5-6-26(31-19-24)34-29-32-18-22-17-25-28(39)33-20-30(11-3-2-4-12-30)38(25)27(22)35-29/h5-6,17-19,21,23H,2-4,7-16,20H2,1H3,(H,33,39)(H,31,32,34,35). The molecule has 3 fully saturated rings. The molecule has 1 amide bonds. The van der Waals surface area contributed by atoms with Crippen LogP contribution < -0.4 is 15.5 Å². The molecule has 39 heavy (non-hydrogen) atoms. The first kappa shape index (κ1) is 24.8. The van der Waals surface area contributed by atoms with E-state index in [1.165, 1.54) is 63.7 Å². The Labute approximate surface area is 230 Å². The van der Waals surface area contributed by atoms with Gasteiger partial charge < -0.3 is 25.0 Å². The maximum absolute atomic E-state index is 12.7. The lowest BCUT2D eigenvalue weighted by Crippen LogP contribution is -2.52. The minimum Gasteiger partial charge on any atom is -0.370 e. The van der Waals surface area contributed by atoms with Crippen LogP contribution in [0.25, 0.3) is 11.0 Å². The predicted octanol–water partition coefficient (Wildman–Crippen LogP) is 4.67. The number of carbonyl (C=O) groups excluding carboxylic acids is 1. The van der Waals surface area contributed by atoms with Crippen molar-refractivity contribution in [3.63, 3.8) is 0 Å². The molecule has 3 aliphatic heterocycles. The summed E-state index contributed by atoms with van der Waals surface area (Å²) in [6, 6.07) is 6.84. The van der Waals surface area contributed by atoms with Crippen molar-refractivity contribution in [2.24, 2.45) is 5.92 Å². The summed E-state index contributed by atoms with van der Waals surface area (Å²) in [4.78, 5) is 32.1. The van der Waals surface area contributed by atoms with E-state index in [1.807, 2.05) is 24.5 Å². The summed E-state index contributed by atoms with van der Waals surface area (Å²) in [6.07, 6.45) is 14.7. The van der Waals surface area contributed by atoms with E-state index in [4.69, 9.17) is 9.97 Å². The van der Waals surface area contributed by atoms with Gasteiger partial charge in [0.05, 0.1) is 17.4 Å². The van der Waals surface area contributed by atoms with Gasteiger partial charge in [0.2, 0.25) is 5.95 Å². The summed E-state index contributed by atoms with van der Waals surface area (Å²) in [7, 11) is 0. The number of pyridine rings is 1. The second-order valence-electron chi connectivity index (χ2n) is 12.3. The van der Waals surface area contributed by atoms with Gasteiger partial charge in [-0.3, -0.25) is 4.79 Å². The van der Waals surface area contributed by atoms with Crippen molar-refractivity contribution in [2.45, 2.75) is 76.3 Å². The molecule has 1 aliphatic carbocycles. The van der Waals surface area contributed by atoms with Gasteiger partial charge in [0.1, 0.15) is 17.2 Å². The van der Waals surface area contributed by atoms with Crippen LogP contribution in [0.15, 0.2) is 30.6 Å². The molecular weight excluding hydrogens is 488 g/mol. The molecule has 4 aliphatic rings. The number of nitrogens with zero attached hydrogens (tertiary/aromatic N) is 6. The summed E-state index contributed by atoms with van der Waals surface area (Å²) in [5, 5.41) is 7.34. The second-order valence-corrected chi connectivity index (χ2v) is 12.3. The van der Waals surface area contributed by atoms with Crippen LogP contribution in [-0.2, 0) is 5.54 Å². The molecule has 7 rings (SSSR count). The minimum atomic E-state index is -0.0887. The van der Waals surface area contributed by atoms with Gasteiger partial charge in [0.25, 0.3) is 5.91 Å². The predicted molar refractivity (Wildman–Crippen MR) is 154 cm³/mol. The quantitative estimate of drug-likeness (QED) is 0.508. The zero-order chi connectivity index (χ0) is 26.4. The van der Waals surface area contributed by atoms with Crippen LogP contribution in [0.1, 0.15) is 75.2 Å². The summed E-state index contributed by atoms with van der Waals surface area (Å²) >= 11 is 0. The van der Waals surface area contributed by atoms with Gasteiger partial charge in [-0.15, -0.1) is 0 Å². The number of anilines is 3. The fraction of sp³-hybridized carbons (Fsp3) is 0.600. The van der Waals surface area contributed by atoms with E-state index >= 15 is 0 Å². The highest BCUT2D eigenvalue weighted by Crippen LogP contribution is 2.40. The van der Waals surface area contributed by atoms with Crippen LogP contribution in [0.3, 0.4) is 0 Å². The molecule has 9 heteroatoms. The molecule has 6 heterocycles. The molecule has 206 valence electrons. The molecule has 1 saturated carbocycles. The fourth-order valence-corrected chi connectivity index (χ4v) is 7.37. The minimum absolute atomic E-state index is 0.0227. The van der Waals surface area contributed by atoms with Crippen molar-refractivity contribution in [1.82, 2.24) is 29.7 Å². The van der Waals surface area contributed by atoms with E-state index in [1.54, 1.807) is 0 Å². The van der Waals surface area contributed by atoms with Crippen LogP contribution in [0, 0.1) is 5.92 Å². The van der Waals surface area contributed by atoms with E-state index < -0.39 is 0 Å². The Kier molecular flexibility index (Phi) is 6.41. The van der Waals surface area contributed by atoms with Crippen LogP contribution in [0.2, 0.25) is 0 Å². The molecule has 9 nitrogen and oxygen atoms in total. The van der Waals surface area contributed by atoms with Gasteiger partial charge in [-0.2, -0.15) is 4.98 Å². The Morgan fingerprint density at radius 2 is 1.77 bits per heavy atom. The van der Waals surface area contributed by atoms with Crippen LogP contribution in [0.5, 0.6) is 0 Å². The molecule has 0 bridgehead atoms. The van der Waals surface area contributed by atoms with Crippen LogP contribution in [-0.4, -0.2) is 69.1 Å².